The molecular formula is C37H56BrN5O4. The molecule has 1 amide bonds. The number of nitrogens with two attached hydrogens (primary N) is 1. The lowest BCUT2D eigenvalue weighted by molar-refractivity contribution is -0.120. The molecule has 0 aliphatic rings. The first-order valence-electron chi connectivity index (χ1n) is 17.0. The van der Waals surface area contributed by atoms with Crippen molar-refractivity contribution in [3.8, 4) is 11.5 Å². The molecule has 0 radical (unpaired) electrons. The fourth-order valence-corrected chi connectivity index (χ4v) is 5.27. The number of nitrogens with one attached hydrogen (secondary N) is 1. The maximum atomic E-state index is 11.2. The number of carbonyl (C=O) groups is 1. The van der Waals surface area contributed by atoms with Crippen LogP contribution in [0.2, 0.25) is 0 Å². The number of anilines is 1. The van der Waals surface area contributed by atoms with Gasteiger partial charge in [-0.3, -0.25) is 4.79 Å². The predicted octanol–water partition coefficient (Wildman–Crippen LogP) is 8.43. The molecule has 10 heteroatoms. The zero-order valence-corrected chi connectivity index (χ0v) is 31.0. The Morgan fingerprint density at radius 3 is 2.38 bits per heavy atom. The van der Waals surface area contributed by atoms with Crippen LogP contribution in [0.15, 0.2) is 36.4 Å². The normalized spacial score (nSPS) is 11.1. The summed E-state index contributed by atoms with van der Waals surface area (Å²) in [6.07, 6.45) is 8.01. The molecule has 0 unspecified atom stereocenters. The van der Waals surface area contributed by atoms with Gasteiger partial charge in [-0.15, -0.1) is 0 Å². The predicted molar refractivity (Wildman–Crippen MR) is 199 cm³/mol. The van der Waals surface area contributed by atoms with E-state index in [-0.39, 0.29) is 22.9 Å². The van der Waals surface area contributed by atoms with E-state index in [2.05, 4.69) is 83.6 Å². The van der Waals surface area contributed by atoms with E-state index >= 15 is 0 Å². The number of amides is 1. The molecule has 4 rings (SSSR count). The number of pyridine rings is 1. The number of nitrogens with zero attached hydrogens (tertiary/aromatic N) is 3. The Bertz CT molecular complexity index is 1550. The van der Waals surface area contributed by atoms with Crippen molar-refractivity contribution in [1.29, 1.82) is 0 Å². The number of nitrogen functional groups attached to an aromatic ring is 1. The molecule has 0 atom stereocenters. The molecule has 0 saturated heterocycles. The summed E-state index contributed by atoms with van der Waals surface area (Å²) < 4.78 is 7.49. The van der Waals surface area contributed by atoms with Crippen LogP contribution in [0, 0.1) is 0 Å². The highest BCUT2D eigenvalue weighted by molar-refractivity contribution is 9.09. The highest BCUT2D eigenvalue weighted by Crippen LogP contribution is 2.34. The van der Waals surface area contributed by atoms with Crippen molar-refractivity contribution in [2.24, 2.45) is 0 Å². The quantitative estimate of drug-likeness (QED) is 0.0585. The van der Waals surface area contributed by atoms with Gasteiger partial charge in [-0.25, -0.2) is 9.97 Å². The maximum absolute atomic E-state index is 11.2. The number of fused-ring (bicyclic) bond motifs is 3. The monoisotopic (exact) mass is 713 g/mol. The summed E-state index contributed by atoms with van der Waals surface area (Å²) >= 11 is 3.13. The Labute approximate surface area is 289 Å². The zero-order chi connectivity index (χ0) is 35.0. The van der Waals surface area contributed by atoms with Crippen LogP contribution in [-0.2, 0) is 28.9 Å². The number of phenols is 2. The van der Waals surface area contributed by atoms with E-state index in [1.54, 1.807) is 6.07 Å². The molecule has 0 aliphatic carbocycles. The minimum Gasteiger partial charge on any atom is -0.504 e. The number of ether oxygens (including phenoxy) is 1. The van der Waals surface area contributed by atoms with Gasteiger partial charge in [0.2, 0.25) is 5.91 Å². The van der Waals surface area contributed by atoms with Crippen molar-refractivity contribution in [3.63, 3.8) is 0 Å². The smallest absolute Gasteiger partial charge is 0.231 e. The number of imidazole rings is 1. The molecule has 47 heavy (non-hydrogen) atoms. The van der Waals surface area contributed by atoms with Gasteiger partial charge in [0.05, 0.1) is 22.9 Å². The average molecular weight is 715 g/mol. The third-order valence-corrected chi connectivity index (χ3v) is 7.98. The second-order valence-corrected chi connectivity index (χ2v) is 13.0. The number of halogens is 1. The largest absolute Gasteiger partial charge is 0.504 e. The van der Waals surface area contributed by atoms with E-state index in [1.807, 2.05) is 19.9 Å². The van der Waals surface area contributed by atoms with Crippen molar-refractivity contribution in [3.05, 3.63) is 53.3 Å². The van der Waals surface area contributed by atoms with Gasteiger partial charge in [-0.05, 0) is 63.6 Å². The lowest BCUT2D eigenvalue weighted by Crippen LogP contribution is -2.44. The molecule has 2 aromatic heterocycles. The first kappa shape index (κ1) is 39.8. The highest BCUT2D eigenvalue weighted by atomic mass is 79.9. The van der Waals surface area contributed by atoms with Gasteiger partial charge in [0, 0.05) is 36.1 Å². The summed E-state index contributed by atoms with van der Waals surface area (Å²) in [6.45, 7) is 16.7. The number of rotatable bonds is 14. The average Bonchev–Trinajstić information content (AvgIpc) is 3.40. The fourth-order valence-electron chi connectivity index (χ4n) is 5.13. The Hall–Kier alpha value is -3.37. The van der Waals surface area contributed by atoms with Gasteiger partial charge in [-0.2, -0.15) is 0 Å². The molecule has 0 fully saturated rings. The first-order chi connectivity index (χ1) is 22.5. The molecule has 0 bridgehead atoms. The number of para-hydroxylation sites is 1. The summed E-state index contributed by atoms with van der Waals surface area (Å²) in [5.74, 6) is 1.13. The van der Waals surface area contributed by atoms with Crippen molar-refractivity contribution in [2.75, 3.05) is 24.3 Å². The van der Waals surface area contributed by atoms with Crippen molar-refractivity contribution in [2.45, 2.75) is 112 Å². The number of phenolic OH excluding ortho intramolecular Hbond substituents is 2. The molecule has 0 spiro atoms. The van der Waals surface area contributed by atoms with Crippen LogP contribution in [-0.4, -0.2) is 54.7 Å². The van der Waals surface area contributed by atoms with Gasteiger partial charge >= 0.3 is 0 Å². The maximum Gasteiger partial charge on any atom is 0.231 e. The van der Waals surface area contributed by atoms with Gasteiger partial charge < -0.3 is 30.6 Å². The Kier molecular flexibility index (Phi) is 17.0. The van der Waals surface area contributed by atoms with Crippen LogP contribution in [0.3, 0.4) is 0 Å². The molecule has 0 saturated carbocycles. The molecule has 9 nitrogen and oxygen atoms in total. The number of aromatic nitrogens is 3. The van der Waals surface area contributed by atoms with Crippen LogP contribution >= 0.6 is 15.9 Å². The Morgan fingerprint density at radius 2 is 1.74 bits per heavy atom. The Morgan fingerprint density at radius 1 is 1.02 bits per heavy atom. The SMILES string of the molecule is CCC.CCCCc1nc2c(N)nc3cc(CC)ccc3c2n1Cc1cccc(O)c1O.CCCOCCCC(C)(C)NC(=O)CBr. The minimum atomic E-state index is -0.138. The Balaban J connectivity index is 0.000000362. The van der Waals surface area contributed by atoms with E-state index in [0.29, 0.717) is 28.8 Å². The number of alkyl halides is 1. The first-order valence-corrected chi connectivity index (χ1v) is 18.1. The van der Waals surface area contributed by atoms with Crippen molar-refractivity contribution in [1.82, 2.24) is 19.9 Å². The van der Waals surface area contributed by atoms with Crippen LogP contribution in [0.1, 0.15) is 104 Å². The number of benzene rings is 2. The molecule has 2 heterocycles. The van der Waals surface area contributed by atoms with Crippen LogP contribution in [0.25, 0.3) is 21.9 Å². The van der Waals surface area contributed by atoms with E-state index < -0.39 is 0 Å². The lowest BCUT2D eigenvalue weighted by atomic mass is 9.99. The van der Waals surface area contributed by atoms with E-state index in [4.69, 9.17) is 15.5 Å². The molecule has 5 N–H and O–H groups in total. The number of hydrogen-bond acceptors (Lipinski definition) is 7. The van der Waals surface area contributed by atoms with E-state index in [9.17, 15) is 15.0 Å². The topological polar surface area (TPSA) is 136 Å². The summed E-state index contributed by atoms with van der Waals surface area (Å²) in [7, 11) is 0. The minimum absolute atomic E-state index is 0.0366. The third-order valence-electron chi connectivity index (χ3n) is 7.47. The lowest BCUT2D eigenvalue weighted by Gasteiger charge is -2.25. The van der Waals surface area contributed by atoms with Gasteiger partial charge in [0.15, 0.2) is 17.3 Å². The van der Waals surface area contributed by atoms with Crippen molar-refractivity contribution < 1.29 is 19.7 Å². The molecule has 0 aliphatic heterocycles. The number of carbonyl (C=O) groups excluding carboxylic acids is 1. The van der Waals surface area contributed by atoms with Crippen molar-refractivity contribution >= 4 is 49.6 Å². The molecule has 2 aromatic carbocycles. The number of hydrogen-bond donors (Lipinski definition) is 4. The van der Waals surface area contributed by atoms with Gasteiger partial charge in [-0.1, -0.05) is 87.7 Å². The van der Waals surface area contributed by atoms with Gasteiger partial charge in [0.25, 0.3) is 0 Å². The molecule has 4 aromatic rings. The number of unbranched alkanes of at least 4 members (excludes halogenated alkanes) is 1. The summed E-state index contributed by atoms with van der Waals surface area (Å²) in [6, 6.07) is 11.3. The number of aryl methyl sites for hydroxylation is 2. The zero-order valence-electron chi connectivity index (χ0n) is 29.5. The highest BCUT2D eigenvalue weighted by Gasteiger charge is 2.20. The van der Waals surface area contributed by atoms with E-state index in [0.717, 1.165) is 80.4 Å². The number of aromatic hydroxyl groups is 2. The van der Waals surface area contributed by atoms with Crippen LogP contribution < -0.4 is 11.1 Å². The van der Waals surface area contributed by atoms with Crippen LogP contribution in [0.4, 0.5) is 5.82 Å². The van der Waals surface area contributed by atoms with Crippen LogP contribution in [0.5, 0.6) is 11.5 Å². The molecule has 260 valence electrons. The molecular weight excluding hydrogens is 658 g/mol. The van der Waals surface area contributed by atoms with E-state index in [1.165, 1.54) is 18.1 Å². The fraction of sp³-hybridized carbons (Fsp3) is 0.541. The third kappa shape index (κ3) is 12.0. The summed E-state index contributed by atoms with van der Waals surface area (Å²) in [5, 5.41) is 24.6. The van der Waals surface area contributed by atoms with Gasteiger partial charge in [0.1, 0.15) is 11.3 Å². The summed E-state index contributed by atoms with van der Waals surface area (Å²) in [5.41, 5.74) is 10.4. The second-order valence-electron chi connectivity index (χ2n) is 12.4. The second kappa shape index (κ2) is 20.1. The summed E-state index contributed by atoms with van der Waals surface area (Å²) in [4.78, 5) is 20.6. The standard InChI is InChI=1S/C23H26N4O2.C11H22BrNO2.C3H8/c1-3-5-9-19-26-20-21(27(19)13-15-7-6-8-18(28)22(15)29)16-11-10-14(4-2)12-17(16)25-23(20)24;1-4-7-15-8-5-6-11(2,3)13-10(14)9-12;1-3-2/h6-8,10-12,28-29H,3-5,9,13H2,1-2H3,(H2,24,25);4-9H2,1-3H3,(H,13,14);3H2,1-2H3.